The zero-order valence-corrected chi connectivity index (χ0v) is 16.2. The summed E-state index contributed by atoms with van der Waals surface area (Å²) in [7, 11) is 1.68. The van der Waals surface area contributed by atoms with Gasteiger partial charge in [0, 0.05) is 32.8 Å². The molecule has 0 aliphatic heterocycles. The number of aliphatic carboxylic acids is 1. The van der Waals surface area contributed by atoms with Crippen LogP contribution in [0.5, 0.6) is 0 Å². The molecule has 0 unspecified atom stereocenters. The monoisotopic (exact) mass is 387 g/mol. The van der Waals surface area contributed by atoms with Crippen LogP contribution in [0, 0.1) is 0 Å². The third-order valence-corrected chi connectivity index (χ3v) is 4.20. The number of hydrogen-bond donors (Lipinski definition) is 3. The average molecular weight is 387 g/mol. The van der Waals surface area contributed by atoms with E-state index in [0.717, 1.165) is 5.56 Å². The molecule has 28 heavy (non-hydrogen) atoms. The molecule has 9 nitrogen and oxygen atoms in total. The summed E-state index contributed by atoms with van der Waals surface area (Å²) in [5.41, 5.74) is 0.186. The first-order valence-electron chi connectivity index (χ1n) is 8.81. The van der Waals surface area contributed by atoms with E-state index >= 15 is 0 Å². The Kier molecular flexibility index (Phi) is 6.75. The predicted molar refractivity (Wildman–Crippen MR) is 104 cm³/mol. The second-order valence-electron chi connectivity index (χ2n) is 6.91. The van der Waals surface area contributed by atoms with Gasteiger partial charge in [0.1, 0.15) is 0 Å². The minimum absolute atomic E-state index is 0.0818. The first-order valence-corrected chi connectivity index (χ1v) is 8.81. The van der Waals surface area contributed by atoms with Gasteiger partial charge in [0.25, 0.3) is 0 Å². The maximum absolute atomic E-state index is 12.1. The number of benzene rings is 1. The number of hydrogen-bond acceptors (Lipinski definition) is 4. The number of anilines is 1. The van der Waals surface area contributed by atoms with Gasteiger partial charge in [-0.1, -0.05) is 30.3 Å². The second-order valence-corrected chi connectivity index (χ2v) is 6.91. The molecule has 0 spiro atoms. The predicted octanol–water partition coefficient (Wildman–Crippen LogP) is 1.87. The number of urea groups is 1. The summed E-state index contributed by atoms with van der Waals surface area (Å²) in [6.45, 7) is 3.67. The van der Waals surface area contributed by atoms with Crippen molar-refractivity contribution < 1.29 is 19.5 Å². The molecular formula is C19H25N5O4. The number of nitrogens with one attached hydrogen (secondary N) is 2. The van der Waals surface area contributed by atoms with Gasteiger partial charge < -0.3 is 20.6 Å². The Balaban J connectivity index is 1.76. The highest BCUT2D eigenvalue weighted by Crippen LogP contribution is 2.17. The molecule has 3 amide bonds. The van der Waals surface area contributed by atoms with Crippen molar-refractivity contribution in [2.75, 3.05) is 18.9 Å². The van der Waals surface area contributed by atoms with E-state index in [1.165, 1.54) is 35.8 Å². The molecule has 1 heterocycles. The highest BCUT2D eigenvalue weighted by atomic mass is 16.4. The van der Waals surface area contributed by atoms with Crippen molar-refractivity contribution in [1.29, 1.82) is 0 Å². The van der Waals surface area contributed by atoms with Gasteiger partial charge in [-0.05, 0) is 19.4 Å². The summed E-state index contributed by atoms with van der Waals surface area (Å²) in [5.74, 6) is -1.34. The van der Waals surface area contributed by atoms with Crippen LogP contribution in [0.1, 0.15) is 25.8 Å². The van der Waals surface area contributed by atoms with Crippen molar-refractivity contribution in [3.05, 3.63) is 48.3 Å². The molecular weight excluding hydrogens is 362 g/mol. The van der Waals surface area contributed by atoms with Crippen molar-refractivity contribution in [1.82, 2.24) is 20.0 Å². The van der Waals surface area contributed by atoms with Crippen LogP contribution in [0.15, 0.2) is 42.7 Å². The summed E-state index contributed by atoms with van der Waals surface area (Å²) >= 11 is 0. The molecule has 0 bridgehead atoms. The van der Waals surface area contributed by atoms with Gasteiger partial charge in [-0.25, -0.2) is 9.59 Å². The molecule has 0 saturated carbocycles. The van der Waals surface area contributed by atoms with Gasteiger partial charge in [0.15, 0.2) is 5.54 Å². The van der Waals surface area contributed by atoms with E-state index in [0.29, 0.717) is 12.2 Å². The van der Waals surface area contributed by atoms with Gasteiger partial charge in [-0.15, -0.1) is 0 Å². The lowest BCUT2D eigenvalue weighted by Gasteiger charge is -2.19. The topological polar surface area (TPSA) is 117 Å². The lowest BCUT2D eigenvalue weighted by Crippen LogP contribution is -2.38. The summed E-state index contributed by atoms with van der Waals surface area (Å²) in [6.07, 6.45) is 2.92. The van der Waals surface area contributed by atoms with Crippen LogP contribution in [-0.4, -0.2) is 51.3 Å². The fraction of sp³-hybridized carbons (Fsp3) is 0.368. The Labute approximate surface area is 163 Å². The Morgan fingerprint density at radius 3 is 2.54 bits per heavy atom. The maximum Gasteiger partial charge on any atom is 0.331 e. The van der Waals surface area contributed by atoms with Crippen LogP contribution in [-0.2, 0) is 21.7 Å². The first kappa shape index (κ1) is 20.9. The summed E-state index contributed by atoms with van der Waals surface area (Å²) in [4.78, 5) is 36.9. The van der Waals surface area contributed by atoms with Gasteiger partial charge >= 0.3 is 12.0 Å². The first-order chi connectivity index (χ1) is 13.2. The Morgan fingerprint density at radius 2 is 1.89 bits per heavy atom. The summed E-state index contributed by atoms with van der Waals surface area (Å²) in [5, 5.41) is 18.5. The minimum atomic E-state index is -1.22. The normalized spacial score (nSPS) is 11.0. The van der Waals surface area contributed by atoms with Gasteiger partial charge in [-0.2, -0.15) is 5.10 Å². The number of carbonyl (C=O) groups is 3. The largest absolute Gasteiger partial charge is 0.479 e. The van der Waals surface area contributed by atoms with E-state index in [1.54, 1.807) is 7.05 Å². The zero-order chi connectivity index (χ0) is 20.7. The van der Waals surface area contributed by atoms with Crippen LogP contribution in [0.3, 0.4) is 0 Å². The quantitative estimate of drug-likeness (QED) is 0.639. The van der Waals surface area contributed by atoms with Crippen molar-refractivity contribution >= 4 is 23.6 Å². The third kappa shape index (κ3) is 5.57. The lowest BCUT2D eigenvalue weighted by atomic mass is 10.1. The van der Waals surface area contributed by atoms with Crippen LogP contribution in [0.4, 0.5) is 10.5 Å². The number of nitrogens with zero attached hydrogens (tertiary/aromatic N) is 3. The number of carboxylic acid groups (broad SMARTS) is 1. The smallest absolute Gasteiger partial charge is 0.331 e. The Morgan fingerprint density at radius 1 is 1.21 bits per heavy atom. The summed E-state index contributed by atoms with van der Waals surface area (Å²) in [6, 6.07) is 9.32. The maximum atomic E-state index is 12.1. The van der Waals surface area contributed by atoms with Gasteiger partial charge in [0.2, 0.25) is 5.91 Å². The molecule has 2 rings (SSSR count). The molecule has 150 valence electrons. The lowest BCUT2D eigenvalue weighted by molar-refractivity contribution is -0.146. The Hall–Kier alpha value is -3.36. The van der Waals surface area contributed by atoms with Crippen LogP contribution < -0.4 is 10.6 Å². The molecule has 0 atom stereocenters. The van der Waals surface area contributed by atoms with Crippen LogP contribution in [0.2, 0.25) is 0 Å². The Bertz CT molecular complexity index is 832. The van der Waals surface area contributed by atoms with E-state index < -0.39 is 11.5 Å². The van der Waals surface area contributed by atoms with Crippen molar-refractivity contribution in [2.45, 2.75) is 32.4 Å². The molecule has 0 radical (unpaired) electrons. The molecule has 3 N–H and O–H groups in total. The van der Waals surface area contributed by atoms with Crippen molar-refractivity contribution in [2.24, 2.45) is 0 Å². The number of carboxylic acids is 1. The van der Waals surface area contributed by atoms with Gasteiger partial charge in [-0.3, -0.25) is 9.48 Å². The van der Waals surface area contributed by atoms with E-state index in [4.69, 9.17) is 0 Å². The molecule has 2 aromatic rings. The van der Waals surface area contributed by atoms with Crippen molar-refractivity contribution in [3.8, 4) is 0 Å². The average Bonchev–Trinajstić information content (AvgIpc) is 3.11. The third-order valence-electron chi connectivity index (χ3n) is 4.20. The molecule has 0 aliphatic carbocycles. The second kappa shape index (κ2) is 9.03. The zero-order valence-electron chi connectivity index (χ0n) is 16.2. The molecule has 1 aromatic heterocycles. The molecule has 1 aromatic carbocycles. The highest BCUT2D eigenvalue weighted by Gasteiger charge is 2.30. The summed E-state index contributed by atoms with van der Waals surface area (Å²) < 4.78 is 1.27. The fourth-order valence-electron chi connectivity index (χ4n) is 2.36. The van der Waals surface area contributed by atoms with E-state index in [1.807, 2.05) is 30.3 Å². The molecule has 0 saturated heterocycles. The van der Waals surface area contributed by atoms with Crippen molar-refractivity contribution in [3.63, 3.8) is 0 Å². The number of rotatable bonds is 8. The number of carbonyl (C=O) groups excluding carboxylic acids is 2. The number of amides is 3. The number of aromatic nitrogens is 2. The van der Waals surface area contributed by atoms with Crippen LogP contribution >= 0.6 is 0 Å². The van der Waals surface area contributed by atoms with Crippen LogP contribution in [0.25, 0.3) is 0 Å². The van der Waals surface area contributed by atoms with E-state index in [9.17, 15) is 19.5 Å². The fourth-order valence-corrected chi connectivity index (χ4v) is 2.36. The molecule has 0 aliphatic rings. The molecule has 9 heteroatoms. The van der Waals surface area contributed by atoms with E-state index in [2.05, 4.69) is 15.7 Å². The standard InChI is InChI=1S/C19H25N5O4/c1-19(2,17(26)27)24-13-15(11-21-24)22-16(25)9-10-20-18(28)23(3)12-14-7-5-4-6-8-14/h4-8,11,13H,9-10,12H2,1-3H3,(H,20,28)(H,22,25)(H,26,27). The minimum Gasteiger partial charge on any atom is -0.479 e. The highest BCUT2D eigenvalue weighted by molar-refractivity contribution is 5.91. The van der Waals surface area contributed by atoms with Gasteiger partial charge in [0.05, 0.1) is 11.9 Å². The molecule has 0 fully saturated rings. The van der Waals surface area contributed by atoms with E-state index in [-0.39, 0.29) is 24.9 Å². The SMILES string of the molecule is CN(Cc1ccccc1)C(=O)NCCC(=O)Nc1cnn(C(C)(C)C(=O)O)c1.